The number of fused-ring (bicyclic) bond motifs is 3. The highest BCUT2D eigenvalue weighted by molar-refractivity contribution is 7.74. The summed E-state index contributed by atoms with van der Waals surface area (Å²) in [6, 6.07) is 10.4. The highest BCUT2D eigenvalue weighted by Crippen LogP contribution is 2.56. The van der Waals surface area contributed by atoms with Gasteiger partial charge in [0.25, 0.3) is 0 Å². The molecule has 2 aliphatic rings. The third-order valence-electron chi connectivity index (χ3n) is 6.02. The van der Waals surface area contributed by atoms with E-state index in [9.17, 15) is 18.3 Å². The number of ether oxygens (including phenoxy) is 1. The average Bonchev–Trinajstić information content (AvgIpc) is 3.54. The number of benzene rings is 2. The fraction of sp³-hybridized carbons (Fsp3) is 0.435. The fourth-order valence-electron chi connectivity index (χ4n) is 4.31. The van der Waals surface area contributed by atoms with Crippen LogP contribution in [0, 0.1) is 5.92 Å². The Balaban J connectivity index is 1.68. The van der Waals surface area contributed by atoms with Crippen molar-refractivity contribution in [3.63, 3.8) is 0 Å². The van der Waals surface area contributed by atoms with Crippen LogP contribution >= 0.6 is 0 Å². The van der Waals surface area contributed by atoms with Gasteiger partial charge in [-0.15, -0.1) is 0 Å². The molecule has 0 aromatic heterocycles. The predicted octanol–water partition coefficient (Wildman–Crippen LogP) is 3.30. The van der Waals surface area contributed by atoms with Gasteiger partial charge in [-0.25, -0.2) is 17.5 Å². The first kappa shape index (κ1) is 22.4. The highest BCUT2D eigenvalue weighted by Gasteiger charge is 2.45. The Morgan fingerprint density at radius 1 is 1.16 bits per heavy atom. The van der Waals surface area contributed by atoms with Gasteiger partial charge in [0.2, 0.25) is 10.9 Å². The summed E-state index contributed by atoms with van der Waals surface area (Å²) in [7, 11) is 0.900. The van der Waals surface area contributed by atoms with Gasteiger partial charge in [-0.1, -0.05) is 18.2 Å². The Morgan fingerprint density at radius 3 is 2.66 bits per heavy atom. The van der Waals surface area contributed by atoms with Crippen LogP contribution in [0.3, 0.4) is 0 Å². The highest BCUT2D eigenvalue weighted by atomic mass is 32.2. The van der Waals surface area contributed by atoms with Crippen LogP contribution in [0.2, 0.25) is 0 Å². The summed E-state index contributed by atoms with van der Waals surface area (Å²) < 4.78 is 31.7. The number of carboxylic acids is 1. The molecule has 32 heavy (non-hydrogen) atoms. The van der Waals surface area contributed by atoms with Crippen LogP contribution in [0.25, 0.3) is 0 Å². The molecule has 4 rings (SSSR count). The number of thiol groups is 1. The first-order chi connectivity index (χ1) is 15.4. The minimum absolute atomic E-state index is 0.0910. The quantitative estimate of drug-likeness (QED) is 0.370. The maximum Gasteiger partial charge on any atom is 0.341 e. The second-order valence-electron chi connectivity index (χ2n) is 8.60. The molecule has 8 nitrogen and oxygen atoms in total. The molecule has 1 aliphatic heterocycles. The topological polar surface area (TPSA) is 99.2 Å². The van der Waals surface area contributed by atoms with E-state index in [1.807, 2.05) is 26.2 Å². The number of aromatic carboxylic acids is 1. The molecule has 9 heteroatoms. The van der Waals surface area contributed by atoms with Crippen molar-refractivity contribution < 1.29 is 23.1 Å². The Hall–Kier alpha value is -2.78. The summed E-state index contributed by atoms with van der Waals surface area (Å²) in [6.07, 6.45) is 2.91. The zero-order valence-corrected chi connectivity index (χ0v) is 19.2. The summed E-state index contributed by atoms with van der Waals surface area (Å²) in [5.41, 5.74) is 1.87. The number of nitrogens with zero attached hydrogens (tertiary/aromatic N) is 2. The molecule has 2 aromatic rings. The van der Waals surface area contributed by atoms with Crippen molar-refractivity contribution in [1.29, 1.82) is 0 Å². The Kier molecular flexibility index (Phi) is 6.57. The monoisotopic (exact) mass is 459 g/mol. The van der Waals surface area contributed by atoms with Crippen molar-refractivity contribution in [2.24, 2.45) is 5.92 Å². The van der Waals surface area contributed by atoms with E-state index in [2.05, 4.69) is 10.2 Å². The van der Waals surface area contributed by atoms with Crippen molar-refractivity contribution in [2.75, 3.05) is 43.4 Å². The molecule has 1 aliphatic carbocycles. The smallest absolute Gasteiger partial charge is 0.341 e. The van der Waals surface area contributed by atoms with Crippen LogP contribution in [0.4, 0.5) is 17.1 Å². The van der Waals surface area contributed by atoms with Gasteiger partial charge in [0.05, 0.1) is 23.7 Å². The average molecular weight is 460 g/mol. The Bertz CT molecular complexity index is 1080. The molecule has 1 fully saturated rings. The van der Waals surface area contributed by atoms with Gasteiger partial charge in [-0.05, 0) is 69.6 Å². The van der Waals surface area contributed by atoms with Crippen molar-refractivity contribution in [1.82, 2.24) is 4.90 Å². The zero-order chi connectivity index (χ0) is 22.8. The van der Waals surface area contributed by atoms with Crippen molar-refractivity contribution >= 4 is 33.9 Å². The van der Waals surface area contributed by atoms with E-state index in [0.717, 1.165) is 35.7 Å². The largest absolute Gasteiger partial charge is 0.492 e. The number of para-hydroxylation sites is 2. The number of hydrogen-bond acceptors (Lipinski definition) is 6. The third-order valence-corrected chi connectivity index (χ3v) is 6.77. The zero-order valence-electron chi connectivity index (χ0n) is 18.3. The fourth-order valence-corrected chi connectivity index (χ4v) is 5.00. The van der Waals surface area contributed by atoms with E-state index in [4.69, 9.17) is 4.74 Å². The molecule has 0 amide bonds. The molecule has 2 atom stereocenters. The first-order valence-corrected chi connectivity index (χ1v) is 12.0. The van der Waals surface area contributed by atoms with E-state index in [1.165, 1.54) is 0 Å². The standard InChI is InChI=1S/C23H29N3O5S/c1-25(2)12-6-5-11-24-18-7-3-4-8-19(18)26(32(29)30)20-10-9-16-17-13-15(17)14-31-22(16)21(20)23(27)28/h3-4,7-10,15,17,24,32H,5-6,11-14H2,1-2H3,(H,27,28). The van der Waals surface area contributed by atoms with Crippen molar-refractivity contribution in [3.05, 3.63) is 47.5 Å². The Labute approximate surface area is 189 Å². The summed E-state index contributed by atoms with van der Waals surface area (Å²) in [6.45, 7) is 2.12. The van der Waals surface area contributed by atoms with E-state index < -0.39 is 16.9 Å². The number of rotatable bonds is 10. The van der Waals surface area contributed by atoms with E-state index in [0.29, 0.717) is 42.1 Å². The lowest BCUT2D eigenvalue weighted by molar-refractivity contribution is 0.0692. The predicted molar refractivity (Wildman–Crippen MR) is 125 cm³/mol. The molecule has 2 N–H and O–H groups in total. The Morgan fingerprint density at radius 2 is 1.94 bits per heavy atom. The van der Waals surface area contributed by atoms with Gasteiger partial charge in [0, 0.05) is 12.5 Å². The number of anilines is 3. The summed E-state index contributed by atoms with van der Waals surface area (Å²) in [5, 5.41) is 13.3. The van der Waals surface area contributed by atoms with Gasteiger partial charge in [-0.2, -0.15) is 0 Å². The van der Waals surface area contributed by atoms with E-state index in [1.54, 1.807) is 24.3 Å². The normalized spacial score (nSPS) is 18.6. The lowest BCUT2D eigenvalue weighted by Gasteiger charge is -2.26. The number of hydrogen-bond donors (Lipinski definition) is 3. The summed E-state index contributed by atoms with van der Waals surface area (Å²) >= 11 is 0. The lowest BCUT2D eigenvalue weighted by atomic mass is 10.00. The van der Waals surface area contributed by atoms with Crippen molar-refractivity contribution in [2.45, 2.75) is 25.2 Å². The third kappa shape index (κ3) is 4.54. The van der Waals surface area contributed by atoms with Crippen LogP contribution in [0.5, 0.6) is 5.75 Å². The molecule has 1 heterocycles. The van der Waals surface area contributed by atoms with E-state index in [-0.39, 0.29) is 11.3 Å². The minimum Gasteiger partial charge on any atom is -0.492 e. The second kappa shape index (κ2) is 9.38. The van der Waals surface area contributed by atoms with Crippen LogP contribution in [0.1, 0.15) is 41.1 Å². The molecule has 0 spiro atoms. The number of carbonyl (C=O) groups is 1. The second-order valence-corrected chi connectivity index (χ2v) is 9.48. The van der Waals surface area contributed by atoms with Gasteiger partial charge >= 0.3 is 5.97 Å². The minimum atomic E-state index is -3.15. The first-order valence-electron chi connectivity index (χ1n) is 10.8. The molecule has 172 valence electrons. The molecule has 2 aromatic carbocycles. The number of unbranched alkanes of at least 4 members (excludes halogenated alkanes) is 1. The van der Waals surface area contributed by atoms with Gasteiger partial charge in [-0.3, -0.25) is 0 Å². The van der Waals surface area contributed by atoms with Crippen LogP contribution in [0.15, 0.2) is 36.4 Å². The number of nitrogens with one attached hydrogen (secondary N) is 1. The van der Waals surface area contributed by atoms with Gasteiger partial charge in [0.15, 0.2) is 0 Å². The molecular formula is C23H29N3O5S. The molecule has 0 saturated heterocycles. The lowest BCUT2D eigenvalue weighted by Crippen LogP contribution is -2.22. The molecule has 0 radical (unpaired) electrons. The van der Waals surface area contributed by atoms with Gasteiger partial charge in [0.1, 0.15) is 11.3 Å². The van der Waals surface area contributed by atoms with Crippen LogP contribution in [-0.4, -0.2) is 58.2 Å². The molecule has 1 saturated carbocycles. The molecule has 2 unspecified atom stereocenters. The maximum atomic E-state index is 12.4. The van der Waals surface area contributed by atoms with E-state index >= 15 is 0 Å². The summed E-state index contributed by atoms with van der Waals surface area (Å²) in [4.78, 5) is 14.4. The van der Waals surface area contributed by atoms with Gasteiger partial charge < -0.3 is 20.1 Å². The molecular weight excluding hydrogens is 430 g/mol. The van der Waals surface area contributed by atoms with Crippen LogP contribution < -0.4 is 14.4 Å². The maximum absolute atomic E-state index is 12.4. The SMILES string of the molecule is CN(C)CCCCNc1ccccc1N(c1ccc2c(c1C(=O)O)OCC1CC21)[SH](=O)=O. The van der Waals surface area contributed by atoms with Crippen molar-refractivity contribution in [3.8, 4) is 5.75 Å². The van der Waals surface area contributed by atoms with Crippen LogP contribution in [-0.2, 0) is 10.9 Å². The molecule has 0 bridgehead atoms. The summed E-state index contributed by atoms with van der Waals surface area (Å²) in [5.74, 6) is -0.173. The number of carboxylic acid groups (broad SMARTS) is 1.